The van der Waals surface area contributed by atoms with E-state index in [0.29, 0.717) is 6.61 Å². The van der Waals surface area contributed by atoms with Gasteiger partial charge in [0, 0.05) is 6.66 Å². The Kier molecular flexibility index (Phi) is 4.62. The van der Waals surface area contributed by atoms with E-state index in [1.54, 1.807) is 6.66 Å². The molecule has 1 aliphatic carbocycles. The fraction of sp³-hybridized carbons (Fsp3) is 1.00. The molecule has 0 aromatic rings. The molecule has 0 aromatic carbocycles. The van der Waals surface area contributed by atoms with Crippen molar-refractivity contribution in [3.05, 3.63) is 0 Å². The van der Waals surface area contributed by atoms with Crippen LogP contribution >= 0.6 is 7.60 Å². The van der Waals surface area contributed by atoms with Crippen LogP contribution in [0.5, 0.6) is 0 Å². The predicted octanol–water partition coefficient (Wildman–Crippen LogP) is 3.44. The lowest BCUT2D eigenvalue weighted by Crippen LogP contribution is -2.19. The van der Waals surface area contributed by atoms with Crippen molar-refractivity contribution < 1.29 is 13.6 Å². The molecule has 0 aromatic heterocycles. The highest BCUT2D eigenvalue weighted by Gasteiger charge is 2.26. The molecule has 0 spiro atoms. The molecule has 3 nitrogen and oxygen atoms in total. The van der Waals surface area contributed by atoms with Crippen molar-refractivity contribution in [2.24, 2.45) is 5.92 Å². The Labute approximate surface area is 86.7 Å². The van der Waals surface area contributed by atoms with E-state index in [-0.39, 0.29) is 6.10 Å². The summed E-state index contributed by atoms with van der Waals surface area (Å²) in [6.45, 7) is 6.11. The Balaban J connectivity index is 2.33. The average molecular weight is 220 g/mol. The lowest BCUT2D eigenvalue weighted by molar-refractivity contribution is 0.108. The Morgan fingerprint density at radius 1 is 1.29 bits per heavy atom. The van der Waals surface area contributed by atoms with Gasteiger partial charge in [-0.05, 0) is 38.5 Å². The van der Waals surface area contributed by atoms with E-state index in [0.717, 1.165) is 18.8 Å². The predicted molar refractivity (Wildman–Crippen MR) is 57.7 cm³/mol. The SMILES string of the molecule is CCOP(C)(=O)OC1CCC(C)CC1. The lowest BCUT2D eigenvalue weighted by atomic mass is 9.89. The Morgan fingerprint density at radius 3 is 2.36 bits per heavy atom. The van der Waals surface area contributed by atoms with E-state index in [2.05, 4.69) is 6.92 Å². The van der Waals surface area contributed by atoms with E-state index in [1.807, 2.05) is 6.92 Å². The molecule has 1 saturated carbocycles. The van der Waals surface area contributed by atoms with Gasteiger partial charge in [-0.1, -0.05) is 6.92 Å². The molecule has 0 saturated heterocycles. The summed E-state index contributed by atoms with van der Waals surface area (Å²) in [6.07, 6.45) is 4.54. The third kappa shape index (κ3) is 4.12. The smallest absolute Gasteiger partial charge is 0.309 e. The highest BCUT2D eigenvalue weighted by atomic mass is 31.2. The molecule has 1 fully saturated rings. The molecule has 0 heterocycles. The van der Waals surface area contributed by atoms with Gasteiger partial charge >= 0.3 is 7.60 Å². The van der Waals surface area contributed by atoms with Gasteiger partial charge in [0.1, 0.15) is 0 Å². The van der Waals surface area contributed by atoms with Crippen molar-refractivity contribution in [2.45, 2.75) is 45.6 Å². The van der Waals surface area contributed by atoms with Crippen molar-refractivity contribution in [1.82, 2.24) is 0 Å². The Bertz CT molecular complexity index is 209. The van der Waals surface area contributed by atoms with Crippen LogP contribution in [0.1, 0.15) is 39.5 Å². The van der Waals surface area contributed by atoms with Gasteiger partial charge < -0.3 is 9.05 Å². The van der Waals surface area contributed by atoms with Gasteiger partial charge in [-0.3, -0.25) is 4.57 Å². The molecule has 84 valence electrons. The van der Waals surface area contributed by atoms with Crippen molar-refractivity contribution in [1.29, 1.82) is 0 Å². The van der Waals surface area contributed by atoms with Crippen molar-refractivity contribution in [2.75, 3.05) is 13.3 Å². The number of hydrogen-bond acceptors (Lipinski definition) is 3. The second-order valence-electron chi connectivity index (χ2n) is 4.18. The molecule has 1 unspecified atom stereocenters. The van der Waals surface area contributed by atoms with E-state index in [9.17, 15) is 4.57 Å². The first-order chi connectivity index (χ1) is 6.53. The van der Waals surface area contributed by atoms with Gasteiger partial charge in [0.05, 0.1) is 12.7 Å². The highest BCUT2D eigenvalue weighted by molar-refractivity contribution is 7.53. The van der Waals surface area contributed by atoms with Crippen LogP contribution < -0.4 is 0 Å². The molecule has 1 rings (SSSR count). The molecule has 0 aliphatic heterocycles. The molecule has 0 bridgehead atoms. The Hall–Kier alpha value is 0.150. The Morgan fingerprint density at radius 2 is 1.86 bits per heavy atom. The first kappa shape index (κ1) is 12.2. The summed E-state index contributed by atoms with van der Waals surface area (Å²) < 4.78 is 22.3. The summed E-state index contributed by atoms with van der Waals surface area (Å²) in [5.74, 6) is 0.790. The second kappa shape index (κ2) is 5.29. The minimum absolute atomic E-state index is 0.147. The maximum absolute atomic E-state index is 11.7. The van der Waals surface area contributed by atoms with Gasteiger partial charge in [-0.15, -0.1) is 0 Å². The molecular weight excluding hydrogens is 199 g/mol. The largest absolute Gasteiger partial charge is 0.327 e. The van der Waals surface area contributed by atoms with Crippen LogP contribution in [0, 0.1) is 5.92 Å². The molecule has 0 radical (unpaired) electrons. The van der Waals surface area contributed by atoms with Crippen LogP contribution in [0.15, 0.2) is 0 Å². The first-order valence-corrected chi connectivity index (χ1v) is 7.43. The van der Waals surface area contributed by atoms with Gasteiger partial charge in [-0.25, -0.2) is 0 Å². The summed E-state index contributed by atoms with van der Waals surface area (Å²) in [7, 11) is -2.78. The molecule has 4 heteroatoms. The summed E-state index contributed by atoms with van der Waals surface area (Å²) in [5.41, 5.74) is 0. The summed E-state index contributed by atoms with van der Waals surface area (Å²) >= 11 is 0. The second-order valence-corrected chi connectivity index (χ2v) is 6.19. The van der Waals surface area contributed by atoms with Crippen LogP contribution in [0.3, 0.4) is 0 Å². The van der Waals surface area contributed by atoms with Crippen LogP contribution in [0.4, 0.5) is 0 Å². The zero-order chi connectivity index (χ0) is 10.6. The van der Waals surface area contributed by atoms with Crippen molar-refractivity contribution >= 4 is 7.60 Å². The summed E-state index contributed by atoms with van der Waals surface area (Å²) in [6, 6.07) is 0. The fourth-order valence-corrected chi connectivity index (χ4v) is 3.15. The average Bonchev–Trinajstić information content (AvgIpc) is 2.08. The van der Waals surface area contributed by atoms with Gasteiger partial charge in [0.2, 0.25) is 0 Å². The highest BCUT2D eigenvalue weighted by Crippen LogP contribution is 2.47. The summed E-state index contributed by atoms with van der Waals surface area (Å²) in [5, 5.41) is 0. The third-order valence-corrected chi connectivity index (χ3v) is 4.08. The van der Waals surface area contributed by atoms with Crippen LogP contribution in [0.25, 0.3) is 0 Å². The van der Waals surface area contributed by atoms with E-state index < -0.39 is 7.60 Å². The first-order valence-electron chi connectivity index (χ1n) is 5.44. The molecule has 0 N–H and O–H groups in total. The number of hydrogen-bond donors (Lipinski definition) is 0. The quantitative estimate of drug-likeness (QED) is 0.681. The topological polar surface area (TPSA) is 35.5 Å². The van der Waals surface area contributed by atoms with Gasteiger partial charge in [-0.2, -0.15) is 0 Å². The van der Waals surface area contributed by atoms with E-state index >= 15 is 0 Å². The lowest BCUT2D eigenvalue weighted by Gasteiger charge is -2.28. The fourth-order valence-electron chi connectivity index (χ4n) is 1.87. The molecule has 0 amide bonds. The minimum atomic E-state index is -2.78. The number of rotatable bonds is 4. The standard InChI is InChI=1S/C10H21O3P/c1-4-12-14(3,11)13-10-7-5-9(2)6-8-10/h9-10H,4-8H2,1-3H3. The van der Waals surface area contributed by atoms with Crippen molar-refractivity contribution in [3.63, 3.8) is 0 Å². The third-order valence-electron chi connectivity index (χ3n) is 2.67. The maximum Gasteiger partial charge on any atom is 0.327 e. The van der Waals surface area contributed by atoms with Crippen LogP contribution in [-0.4, -0.2) is 19.4 Å². The van der Waals surface area contributed by atoms with Crippen LogP contribution in [-0.2, 0) is 13.6 Å². The zero-order valence-corrected chi connectivity index (χ0v) is 10.3. The zero-order valence-electron chi connectivity index (χ0n) is 9.36. The van der Waals surface area contributed by atoms with Gasteiger partial charge in [0.15, 0.2) is 0 Å². The van der Waals surface area contributed by atoms with Crippen LogP contribution in [0.2, 0.25) is 0 Å². The monoisotopic (exact) mass is 220 g/mol. The van der Waals surface area contributed by atoms with Crippen molar-refractivity contribution in [3.8, 4) is 0 Å². The van der Waals surface area contributed by atoms with E-state index in [4.69, 9.17) is 9.05 Å². The van der Waals surface area contributed by atoms with Gasteiger partial charge in [0.25, 0.3) is 0 Å². The molecule has 14 heavy (non-hydrogen) atoms. The van der Waals surface area contributed by atoms with E-state index in [1.165, 1.54) is 12.8 Å². The maximum atomic E-state index is 11.7. The molecule has 1 aliphatic rings. The minimum Gasteiger partial charge on any atom is -0.309 e. The molecular formula is C10H21O3P. The normalized spacial score (nSPS) is 32.5. The molecule has 1 atom stereocenters. The summed E-state index contributed by atoms with van der Waals surface area (Å²) in [4.78, 5) is 0.